The largest absolute Gasteiger partial charge is 0.467 e. The van der Waals surface area contributed by atoms with E-state index in [1.807, 2.05) is 0 Å². The Morgan fingerprint density at radius 2 is 2.09 bits per heavy atom. The van der Waals surface area contributed by atoms with Crippen LogP contribution in [0.1, 0.15) is 36.5 Å². The number of terminal acetylenes is 1. The van der Waals surface area contributed by atoms with Gasteiger partial charge in [-0.1, -0.05) is 6.07 Å². The summed E-state index contributed by atoms with van der Waals surface area (Å²) in [6, 6.07) is 5.68. The number of unbranched alkanes of at least 4 members (excludes halogenated alkanes) is 1. The Kier molecular flexibility index (Phi) is 7.34. The van der Waals surface area contributed by atoms with Gasteiger partial charge in [-0.2, -0.15) is 0 Å². The second-order valence-corrected chi connectivity index (χ2v) is 4.91. The molecule has 6 heteroatoms. The van der Waals surface area contributed by atoms with Gasteiger partial charge in [0.15, 0.2) is 0 Å². The Balaban J connectivity index is 2.79. The third-order valence-corrected chi connectivity index (χ3v) is 3.05. The summed E-state index contributed by atoms with van der Waals surface area (Å²) in [7, 11) is 1.26. The van der Waals surface area contributed by atoms with Crippen molar-refractivity contribution in [2.75, 3.05) is 12.4 Å². The highest BCUT2D eigenvalue weighted by Gasteiger charge is 2.21. The zero-order valence-electron chi connectivity index (χ0n) is 13.2. The van der Waals surface area contributed by atoms with E-state index in [0.29, 0.717) is 30.5 Å². The van der Waals surface area contributed by atoms with E-state index in [9.17, 15) is 14.4 Å². The number of carbonyl (C=O) groups is 3. The van der Waals surface area contributed by atoms with E-state index in [1.165, 1.54) is 20.1 Å². The fourth-order valence-corrected chi connectivity index (χ4v) is 1.98. The maximum atomic E-state index is 12.3. The molecule has 0 aliphatic carbocycles. The number of hydrogen-bond donors (Lipinski definition) is 2. The number of benzene rings is 1. The Bertz CT molecular complexity index is 619. The minimum Gasteiger partial charge on any atom is -0.467 e. The Hall–Kier alpha value is -2.81. The summed E-state index contributed by atoms with van der Waals surface area (Å²) in [5.74, 6) is 1.31. The summed E-state index contributed by atoms with van der Waals surface area (Å²) in [5, 5.41) is 5.23. The van der Waals surface area contributed by atoms with Crippen LogP contribution in [-0.4, -0.2) is 30.9 Å². The van der Waals surface area contributed by atoms with Crippen LogP contribution in [0.4, 0.5) is 5.69 Å². The number of hydrogen-bond acceptors (Lipinski definition) is 4. The predicted molar refractivity (Wildman–Crippen MR) is 86.7 cm³/mol. The minimum absolute atomic E-state index is 0.232. The van der Waals surface area contributed by atoms with Crippen molar-refractivity contribution in [3.05, 3.63) is 29.8 Å². The summed E-state index contributed by atoms with van der Waals surface area (Å²) in [6.07, 6.45) is 6.70. The summed E-state index contributed by atoms with van der Waals surface area (Å²) in [5.41, 5.74) is 0.842. The summed E-state index contributed by atoms with van der Waals surface area (Å²) in [4.78, 5) is 35.1. The maximum absolute atomic E-state index is 12.3. The molecule has 1 atom stereocenters. The topological polar surface area (TPSA) is 84.5 Å². The molecule has 23 heavy (non-hydrogen) atoms. The molecule has 0 heterocycles. The number of methoxy groups -OCH3 is 1. The van der Waals surface area contributed by atoms with Crippen molar-refractivity contribution in [2.45, 2.75) is 32.2 Å². The first-order valence-corrected chi connectivity index (χ1v) is 7.17. The Morgan fingerprint density at radius 1 is 1.35 bits per heavy atom. The van der Waals surface area contributed by atoms with Crippen molar-refractivity contribution in [2.24, 2.45) is 0 Å². The highest BCUT2D eigenvalue weighted by molar-refractivity contribution is 5.98. The molecule has 6 nitrogen and oxygen atoms in total. The molecule has 2 N–H and O–H groups in total. The SMILES string of the molecule is C#CCCC[C@@H](NC(=O)c1cccc(NC(C)=O)c1)C(=O)OC. The van der Waals surface area contributed by atoms with Crippen molar-refractivity contribution in [1.29, 1.82) is 0 Å². The molecule has 0 radical (unpaired) electrons. The van der Waals surface area contributed by atoms with Crippen LogP contribution in [0.5, 0.6) is 0 Å². The Morgan fingerprint density at radius 3 is 2.70 bits per heavy atom. The van der Waals surface area contributed by atoms with Gasteiger partial charge in [0.1, 0.15) is 6.04 Å². The van der Waals surface area contributed by atoms with Gasteiger partial charge in [-0.25, -0.2) is 4.79 Å². The van der Waals surface area contributed by atoms with Crippen LogP contribution in [-0.2, 0) is 14.3 Å². The van der Waals surface area contributed by atoms with E-state index < -0.39 is 17.9 Å². The zero-order valence-corrected chi connectivity index (χ0v) is 13.2. The molecule has 0 saturated heterocycles. The van der Waals surface area contributed by atoms with Gasteiger partial charge < -0.3 is 15.4 Å². The number of esters is 1. The second kappa shape index (κ2) is 9.26. The van der Waals surface area contributed by atoms with Crippen LogP contribution in [0.3, 0.4) is 0 Å². The first-order valence-electron chi connectivity index (χ1n) is 7.17. The van der Waals surface area contributed by atoms with E-state index >= 15 is 0 Å². The van der Waals surface area contributed by atoms with Gasteiger partial charge in [0.2, 0.25) is 5.91 Å². The summed E-state index contributed by atoms with van der Waals surface area (Å²) >= 11 is 0. The lowest BCUT2D eigenvalue weighted by atomic mass is 10.1. The highest BCUT2D eigenvalue weighted by atomic mass is 16.5. The number of carbonyl (C=O) groups excluding carboxylic acids is 3. The normalized spacial score (nSPS) is 11.0. The second-order valence-electron chi connectivity index (χ2n) is 4.91. The van der Waals surface area contributed by atoms with Crippen LogP contribution in [0.15, 0.2) is 24.3 Å². The van der Waals surface area contributed by atoms with Gasteiger partial charge in [-0.15, -0.1) is 12.3 Å². The number of rotatable bonds is 7. The van der Waals surface area contributed by atoms with E-state index in [2.05, 4.69) is 16.6 Å². The fraction of sp³-hybridized carbons (Fsp3) is 0.353. The van der Waals surface area contributed by atoms with E-state index in [4.69, 9.17) is 11.2 Å². The number of anilines is 1. The third-order valence-electron chi connectivity index (χ3n) is 3.05. The Labute approximate surface area is 135 Å². The molecule has 0 fully saturated rings. The molecule has 122 valence electrons. The number of amides is 2. The molecule has 0 saturated carbocycles. The van der Waals surface area contributed by atoms with Gasteiger partial charge in [-0.05, 0) is 31.0 Å². The van der Waals surface area contributed by atoms with Gasteiger partial charge in [-0.3, -0.25) is 9.59 Å². The lowest BCUT2D eigenvalue weighted by Crippen LogP contribution is -2.41. The number of nitrogens with one attached hydrogen (secondary N) is 2. The van der Waals surface area contributed by atoms with Crippen LogP contribution < -0.4 is 10.6 Å². The molecular formula is C17H20N2O4. The monoisotopic (exact) mass is 316 g/mol. The molecule has 2 amide bonds. The van der Waals surface area contributed by atoms with Gasteiger partial charge in [0.25, 0.3) is 5.91 Å². The molecular weight excluding hydrogens is 296 g/mol. The van der Waals surface area contributed by atoms with Crippen LogP contribution in [0.25, 0.3) is 0 Å². The van der Waals surface area contributed by atoms with Crippen molar-refractivity contribution in [3.8, 4) is 12.3 Å². The van der Waals surface area contributed by atoms with Crippen LogP contribution in [0.2, 0.25) is 0 Å². The van der Waals surface area contributed by atoms with Crippen LogP contribution in [0, 0.1) is 12.3 Å². The average Bonchev–Trinajstić information content (AvgIpc) is 2.52. The van der Waals surface area contributed by atoms with Gasteiger partial charge in [0.05, 0.1) is 7.11 Å². The van der Waals surface area contributed by atoms with Crippen molar-refractivity contribution < 1.29 is 19.1 Å². The van der Waals surface area contributed by atoms with Gasteiger partial charge >= 0.3 is 5.97 Å². The van der Waals surface area contributed by atoms with Crippen LogP contribution >= 0.6 is 0 Å². The maximum Gasteiger partial charge on any atom is 0.328 e. The van der Waals surface area contributed by atoms with Gasteiger partial charge in [0, 0.05) is 24.6 Å². The molecule has 0 aliphatic rings. The molecule has 0 spiro atoms. The fourth-order valence-electron chi connectivity index (χ4n) is 1.98. The smallest absolute Gasteiger partial charge is 0.328 e. The molecule has 0 aliphatic heterocycles. The molecule has 1 aromatic rings. The predicted octanol–water partition coefficient (Wildman–Crippen LogP) is 1.72. The summed E-state index contributed by atoms with van der Waals surface area (Å²) < 4.78 is 4.69. The first-order chi connectivity index (χ1) is 11.0. The average molecular weight is 316 g/mol. The lowest BCUT2D eigenvalue weighted by molar-refractivity contribution is -0.143. The molecule has 0 bridgehead atoms. The summed E-state index contributed by atoms with van der Waals surface area (Å²) in [6.45, 7) is 1.38. The molecule has 0 aromatic heterocycles. The molecule has 1 rings (SSSR count). The third kappa shape index (κ3) is 6.22. The lowest BCUT2D eigenvalue weighted by Gasteiger charge is -2.16. The van der Waals surface area contributed by atoms with Crippen molar-refractivity contribution in [3.63, 3.8) is 0 Å². The first kappa shape index (κ1) is 18.2. The molecule has 0 unspecified atom stereocenters. The molecule has 1 aromatic carbocycles. The van der Waals surface area contributed by atoms with E-state index in [0.717, 1.165) is 0 Å². The van der Waals surface area contributed by atoms with E-state index in [1.54, 1.807) is 18.2 Å². The van der Waals surface area contributed by atoms with Crippen molar-refractivity contribution >= 4 is 23.5 Å². The quantitative estimate of drug-likeness (QED) is 0.456. The number of ether oxygens (including phenoxy) is 1. The zero-order chi connectivity index (χ0) is 17.2. The van der Waals surface area contributed by atoms with E-state index in [-0.39, 0.29) is 5.91 Å². The standard InChI is InChI=1S/C17H20N2O4/c1-4-5-6-10-15(17(22)23-3)19-16(21)13-8-7-9-14(11-13)18-12(2)20/h1,7-9,11,15H,5-6,10H2,2-3H3,(H,18,20)(H,19,21)/t15-/m1/s1. The van der Waals surface area contributed by atoms with Crippen molar-refractivity contribution in [1.82, 2.24) is 5.32 Å². The minimum atomic E-state index is -0.759. The highest BCUT2D eigenvalue weighted by Crippen LogP contribution is 2.11.